The zero-order valence-electron chi connectivity index (χ0n) is 35.8. The van der Waals surface area contributed by atoms with Crippen molar-refractivity contribution in [1.29, 1.82) is 0 Å². The fourth-order valence-corrected chi connectivity index (χ4v) is 10.5. The van der Waals surface area contributed by atoms with Crippen molar-refractivity contribution in [1.82, 2.24) is 14.5 Å². The van der Waals surface area contributed by atoms with E-state index in [9.17, 15) is 0 Å². The van der Waals surface area contributed by atoms with Crippen molar-refractivity contribution in [3.63, 3.8) is 0 Å². The SMILES string of the molecule is CN1C=CN(c2ccc3c4ccccc4n(-c4cccc(N(c5cc6c7c(c5)N(c5ccccc5)c5ccccc5B7c5ccccc5N6c5ccccc5)c5ccccn5)c4)c3c2)C1. The number of para-hydroxylation sites is 5. The van der Waals surface area contributed by atoms with E-state index >= 15 is 0 Å². The van der Waals surface area contributed by atoms with Gasteiger partial charge in [-0.25, -0.2) is 4.98 Å². The second kappa shape index (κ2) is 14.8. The molecule has 2 aromatic heterocycles. The van der Waals surface area contributed by atoms with Gasteiger partial charge in [0, 0.05) is 87.6 Å². The van der Waals surface area contributed by atoms with Crippen molar-refractivity contribution in [3.05, 3.63) is 225 Å². The first-order valence-corrected chi connectivity index (χ1v) is 22.2. The number of benzene rings is 8. The molecule has 0 saturated heterocycles. The average molecular weight is 836 g/mol. The molecule has 13 rings (SSSR count). The third-order valence-electron chi connectivity index (χ3n) is 13.2. The summed E-state index contributed by atoms with van der Waals surface area (Å²) in [5.41, 5.74) is 17.2. The summed E-state index contributed by atoms with van der Waals surface area (Å²) < 4.78 is 2.42. The molecule has 0 radical (unpaired) electrons. The molecule has 8 heteroatoms. The lowest BCUT2D eigenvalue weighted by atomic mass is 9.33. The zero-order chi connectivity index (χ0) is 43.0. The van der Waals surface area contributed by atoms with E-state index in [0.29, 0.717) is 0 Å². The molecule has 3 aliphatic rings. The van der Waals surface area contributed by atoms with Crippen LogP contribution in [0.15, 0.2) is 225 Å². The standard InChI is InChI=1S/C57H42BN7/c1-60-33-34-61(39-60)42-30-31-47-46-23-8-11-26-50(46)65(53(47)36-42)44-22-16-21-43(35-44)62(56-29-14-15-32-59-56)45-37-54-57-55(38-45)64(41-19-6-3-7-20-41)52-28-13-10-25-49(52)58(57)48-24-9-12-27-51(48)63(54)40-17-4-2-5-18-40/h2-38H,39H2,1H3. The minimum absolute atomic E-state index is 0.0182. The van der Waals surface area contributed by atoms with Gasteiger partial charge in [-0.3, -0.25) is 4.90 Å². The number of aromatic nitrogens is 2. The third-order valence-corrected chi connectivity index (χ3v) is 13.2. The Bertz CT molecular complexity index is 3370. The van der Waals surface area contributed by atoms with Gasteiger partial charge in [0.05, 0.1) is 23.4 Å². The Kier molecular flexibility index (Phi) is 8.46. The molecule has 0 aliphatic carbocycles. The van der Waals surface area contributed by atoms with E-state index in [0.717, 1.165) is 69.0 Å². The van der Waals surface area contributed by atoms with Gasteiger partial charge in [-0.2, -0.15) is 0 Å². The fraction of sp³-hybridized carbons (Fsp3) is 0.0351. The van der Waals surface area contributed by atoms with Gasteiger partial charge >= 0.3 is 0 Å². The number of nitrogens with zero attached hydrogens (tertiary/aromatic N) is 7. The van der Waals surface area contributed by atoms with Crippen molar-refractivity contribution in [2.45, 2.75) is 0 Å². The van der Waals surface area contributed by atoms with Gasteiger partial charge in [-0.1, -0.05) is 109 Å². The van der Waals surface area contributed by atoms with Crippen molar-refractivity contribution < 1.29 is 0 Å². The van der Waals surface area contributed by atoms with Gasteiger partial charge < -0.3 is 24.2 Å². The smallest absolute Gasteiger partial charge is 0.252 e. The van der Waals surface area contributed by atoms with Crippen LogP contribution < -0.4 is 36.0 Å². The number of hydrogen-bond acceptors (Lipinski definition) is 6. The van der Waals surface area contributed by atoms with E-state index < -0.39 is 0 Å². The number of rotatable bonds is 7. The maximum atomic E-state index is 5.08. The average Bonchev–Trinajstić information content (AvgIpc) is 3.95. The van der Waals surface area contributed by atoms with Gasteiger partial charge in [-0.15, -0.1) is 0 Å². The van der Waals surface area contributed by atoms with Crippen molar-refractivity contribution in [2.24, 2.45) is 0 Å². The van der Waals surface area contributed by atoms with Crippen LogP contribution >= 0.6 is 0 Å². The molecule has 5 heterocycles. The summed E-state index contributed by atoms with van der Waals surface area (Å²) in [6.07, 6.45) is 6.17. The lowest BCUT2D eigenvalue weighted by molar-refractivity contribution is 0.496. The Balaban J connectivity index is 1.07. The lowest BCUT2D eigenvalue weighted by Gasteiger charge is -2.44. The fourth-order valence-electron chi connectivity index (χ4n) is 10.5. The van der Waals surface area contributed by atoms with E-state index in [4.69, 9.17) is 4.98 Å². The Morgan fingerprint density at radius 2 is 1.08 bits per heavy atom. The molecule has 10 aromatic rings. The highest BCUT2D eigenvalue weighted by Crippen LogP contribution is 2.48. The van der Waals surface area contributed by atoms with Crippen molar-refractivity contribution in [2.75, 3.05) is 33.3 Å². The van der Waals surface area contributed by atoms with Crippen LogP contribution in [-0.2, 0) is 0 Å². The van der Waals surface area contributed by atoms with Crippen LogP contribution in [0, 0.1) is 0 Å². The predicted octanol–water partition coefficient (Wildman–Crippen LogP) is 11.9. The van der Waals surface area contributed by atoms with E-state index in [2.05, 4.69) is 249 Å². The third kappa shape index (κ3) is 5.87. The van der Waals surface area contributed by atoms with Gasteiger partial charge in [0.2, 0.25) is 0 Å². The Morgan fingerprint density at radius 1 is 0.462 bits per heavy atom. The van der Waals surface area contributed by atoms with E-state index in [1.807, 2.05) is 12.3 Å². The first kappa shape index (κ1) is 37.1. The zero-order valence-corrected chi connectivity index (χ0v) is 35.8. The summed E-state index contributed by atoms with van der Waals surface area (Å²) in [6.45, 7) is 0.828. The normalized spacial score (nSPS) is 13.6. The van der Waals surface area contributed by atoms with Gasteiger partial charge in [0.1, 0.15) is 5.82 Å². The number of hydrogen-bond donors (Lipinski definition) is 0. The molecule has 65 heavy (non-hydrogen) atoms. The molecule has 0 atom stereocenters. The second-order valence-corrected chi connectivity index (χ2v) is 17.1. The van der Waals surface area contributed by atoms with Crippen LogP contribution in [-0.4, -0.2) is 34.9 Å². The van der Waals surface area contributed by atoms with Crippen LogP contribution in [0.25, 0.3) is 27.5 Å². The monoisotopic (exact) mass is 835 g/mol. The van der Waals surface area contributed by atoms with Gasteiger partial charge in [-0.05, 0) is 113 Å². The first-order chi connectivity index (χ1) is 32.2. The van der Waals surface area contributed by atoms with Crippen molar-refractivity contribution >= 4 is 102 Å². The highest BCUT2D eigenvalue weighted by molar-refractivity contribution is 7.00. The largest absolute Gasteiger partial charge is 0.361 e. The number of fused-ring (bicyclic) bond motifs is 7. The topological polar surface area (TPSA) is 34.0 Å². The van der Waals surface area contributed by atoms with E-state index in [1.54, 1.807) is 0 Å². The maximum Gasteiger partial charge on any atom is 0.252 e. The Labute approximate surface area is 378 Å². The summed E-state index contributed by atoms with van der Waals surface area (Å²) >= 11 is 0. The molecular weight excluding hydrogens is 793 g/mol. The predicted molar refractivity (Wildman–Crippen MR) is 272 cm³/mol. The van der Waals surface area contributed by atoms with Crippen LogP contribution in [0.3, 0.4) is 0 Å². The first-order valence-electron chi connectivity index (χ1n) is 22.2. The summed E-state index contributed by atoms with van der Waals surface area (Å²) in [7, 11) is 2.11. The van der Waals surface area contributed by atoms with E-state index in [1.165, 1.54) is 38.5 Å². The van der Waals surface area contributed by atoms with Crippen LogP contribution in [0.4, 0.5) is 57.0 Å². The highest BCUT2D eigenvalue weighted by atomic mass is 15.3. The molecule has 3 aliphatic heterocycles. The summed E-state index contributed by atoms with van der Waals surface area (Å²) in [5.74, 6) is 0.827. The molecule has 0 saturated carbocycles. The molecule has 0 amide bonds. The minimum Gasteiger partial charge on any atom is -0.361 e. The molecular formula is C57H42BN7. The molecule has 308 valence electrons. The maximum absolute atomic E-state index is 5.08. The summed E-state index contributed by atoms with van der Waals surface area (Å²) in [5, 5.41) is 2.44. The van der Waals surface area contributed by atoms with Crippen LogP contribution in [0.2, 0.25) is 0 Å². The lowest BCUT2D eigenvalue weighted by Crippen LogP contribution is -2.61. The van der Waals surface area contributed by atoms with Crippen LogP contribution in [0.1, 0.15) is 0 Å². The summed E-state index contributed by atoms with van der Waals surface area (Å²) in [6, 6.07) is 75.0. The Morgan fingerprint density at radius 3 is 1.74 bits per heavy atom. The molecule has 7 nitrogen and oxygen atoms in total. The Hall–Kier alpha value is -8.49. The highest BCUT2D eigenvalue weighted by Gasteiger charge is 2.43. The summed E-state index contributed by atoms with van der Waals surface area (Å²) in [4.78, 5) is 16.8. The number of anilines is 10. The second-order valence-electron chi connectivity index (χ2n) is 17.1. The minimum atomic E-state index is 0.0182. The molecule has 0 unspecified atom stereocenters. The van der Waals surface area contributed by atoms with Gasteiger partial charge in [0.15, 0.2) is 0 Å². The molecule has 0 N–H and O–H groups in total. The van der Waals surface area contributed by atoms with Gasteiger partial charge in [0.25, 0.3) is 6.71 Å². The molecule has 0 bridgehead atoms. The van der Waals surface area contributed by atoms with E-state index in [-0.39, 0.29) is 6.71 Å². The molecule has 0 fully saturated rings. The quantitative estimate of drug-likeness (QED) is 0.149. The van der Waals surface area contributed by atoms with Crippen molar-refractivity contribution in [3.8, 4) is 5.69 Å². The molecule has 8 aromatic carbocycles. The molecule has 0 spiro atoms. The van der Waals surface area contributed by atoms with Crippen LogP contribution in [0.5, 0.6) is 0 Å². The number of pyridine rings is 1.